The second kappa shape index (κ2) is 6.54. The molecule has 0 fully saturated rings. The fraction of sp³-hybridized carbons (Fsp3) is 0.200. The minimum absolute atomic E-state index is 0.160. The van der Waals surface area contributed by atoms with Crippen LogP contribution >= 0.6 is 0 Å². The SMILES string of the molecule is COC[C@@H](Nc1cc(C)c(C#N)c2nc3ccccc3n12)c1ccco1. The predicted octanol–water partition coefficient (Wildman–Crippen LogP) is 4.06. The van der Waals surface area contributed by atoms with E-state index in [1.165, 1.54) is 0 Å². The van der Waals surface area contributed by atoms with Crippen LogP contribution in [0.1, 0.15) is 22.9 Å². The number of anilines is 1. The van der Waals surface area contributed by atoms with Gasteiger partial charge in [-0.1, -0.05) is 12.1 Å². The Morgan fingerprint density at radius 1 is 1.31 bits per heavy atom. The molecule has 0 unspecified atom stereocenters. The molecule has 130 valence electrons. The monoisotopic (exact) mass is 346 g/mol. The van der Waals surface area contributed by atoms with E-state index in [2.05, 4.69) is 16.4 Å². The summed E-state index contributed by atoms with van der Waals surface area (Å²) in [6.07, 6.45) is 1.64. The van der Waals surface area contributed by atoms with Gasteiger partial charge in [-0.25, -0.2) is 4.98 Å². The maximum Gasteiger partial charge on any atom is 0.157 e. The average Bonchev–Trinajstić information content (AvgIpc) is 3.29. The van der Waals surface area contributed by atoms with Crippen LogP contribution in [0.4, 0.5) is 5.82 Å². The molecule has 6 heteroatoms. The number of hydrogen-bond donors (Lipinski definition) is 1. The summed E-state index contributed by atoms with van der Waals surface area (Å²) in [4.78, 5) is 4.67. The highest BCUT2D eigenvalue weighted by Crippen LogP contribution is 2.29. The van der Waals surface area contributed by atoms with Gasteiger partial charge < -0.3 is 14.5 Å². The van der Waals surface area contributed by atoms with Crippen LogP contribution in [-0.2, 0) is 4.74 Å². The van der Waals surface area contributed by atoms with Crippen molar-refractivity contribution in [3.05, 3.63) is 65.6 Å². The van der Waals surface area contributed by atoms with Gasteiger partial charge in [-0.05, 0) is 42.8 Å². The first-order chi connectivity index (χ1) is 12.7. The van der Waals surface area contributed by atoms with Gasteiger partial charge in [0.05, 0.1) is 29.5 Å². The van der Waals surface area contributed by atoms with Gasteiger partial charge in [0.1, 0.15) is 23.7 Å². The second-order valence-electron chi connectivity index (χ2n) is 6.13. The summed E-state index contributed by atoms with van der Waals surface area (Å²) in [6, 6.07) is 15.7. The number of nitriles is 1. The molecule has 0 aliphatic heterocycles. The van der Waals surface area contributed by atoms with Crippen LogP contribution in [0.25, 0.3) is 16.7 Å². The molecule has 1 aromatic carbocycles. The summed E-state index contributed by atoms with van der Waals surface area (Å²) >= 11 is 0. The molecule has 3 heterocycles. The van der Waals surface area contributed by atoms with Crippen LogP contribution in [0, 0.1) is 18.3 Å². The van der Waals surface area contributed by atoms with E-state index < -0.39 is 0 Å². The molecule has 0 radical (unpaired) electrons. The van der Waals surface area contributed by atoms with Crippen LogP contribution in [0.15, 0.2) is 53.1 Å². The van der Waals surface area contributed by atoms with Crippen LogP contribution in [0.3, 0.4) is 0 Å². The lowest BCUT2D eigenvalue weighted by atomic mass is 10.1. The van der Waals surface area contributed by atoms with Crippen LogP contribution < -0.4 is 5.32 Å². The molecule has 0 bridgehead atoms. The third-order valence-electron chi connectivity index (χ3n) is 4.43. The molecule has 0 amide bonds. The third kappa shape index (κ3) is 2.59. The Kier molecular flexibility index (Phi) is 4.07. The molecule has 0 spiro atoms. The molecule has 0 saturated carbocycles. The number of hydrogen-bond acceptors (Lipinski definition) is 5. The van der Waals surface area contributed by atoms with E-state index in [0.717, 1.165) is 28.2 Å². The Balaban J connectivity index is 1.93. The van der Waals surface area contributed by atoms with Gasteiger partial charge in [0.2, 0.25) is 0 Å². The van der Waals surface area contributed by atoms with Crippen molar-refractivity contribution in [2.75, 3.05) is 19.0 Å². The molecule has 6 nitrogen and oxygen atoms in total. The van der Waals surface area contributed by atoms with Crippen LogP contribution in [0.5, 0.6) is 0 Å². The number of nitrogens with one attached hydrogen (secondary N) is 1. The molecule has 0 saturated heterocycles. The Labute approximate surface area is 150 Å². The number of pyridine rings is 1. The Morgan fingerprint density at radius 2 is 2.15 bits per heavy atom. The molecule has 3 aromatic heterocycles. The molecule has 0 aliphatic carbocycles. The number of nitrogens with zero attached hydrogens (tertiary/aromatic N) is 3. The number of methoxy groups -OCH3 is 1. The molecule has 1 N–H and O–H groups in total. The van der Waals surface area contributed by atoms with Crippen molar-refractivity contribution in [3.63, 3.8) is 0 Å². The smallest absolute Gasteiger partial charge is 0.157 e. The summed E-state index contributed by atoms with van der Waals surface area (Å²) in [7, 11) is 1.66. The van der Waals surface area contributed by atoms with Crippen molar-refractivity contribution in [3.8, 4) is 6.07 Å². The first-order valence-corrected chi connectivity index (χ1v) is 8.32. The van der Waals surface area contributed by atoms with E-state index in [4.69, 9.17) is 9.15 Å². The number of benzene rings is 1. The second-order valence-corrected chi connectivity index (χ2v) is 6.13. The van der Waals surface area contributed by atoms with Gasteiger partial charge in [-0.15, -0.1) is 0 Å². The topological polar surface area (TPSA) is 75.5 Å². The molecule has 4 aromatic rings. The number of ether oxygens (including phenoxy) is 1. The largest absolute Gasteiger partial charge is 0.467 e. The highest BCUT2D eigenvalue weighted by molar-refractivity contribution is 5.85. The van der Waals surface area contributed by atoms with E-state index in [-0.39, 0.29) is 6.04 Å². The minimum atomic E-state index is -0.160. The lowest BCUT2D eigenvalue weighted by molar-refractivity contribution is 0.178. The number of aryl methyl sites for hydroxylation is 1. The number of rotatable bonds is 5. The molecule has 26 heavy (non-hydrogen) atoms. The number of imidazole rings is 1. The van der Waals surface area contributed by atoms with Gasteiger partial charge in [0.15, 0.2) is 5.65 Å². The maximum atomic E-state index is 9.59. The zero-order chi connectivity index (χ0) is 18.1. The van der Waals surface area contributed by atoms with E-state index in [1.807, 2.05) is 53.8 Å². The van der Waals surface area contributed by atoms with Crippen molar-refractivity contribution in [1.29, 1.82) is 5.26 Å². The zero-order valence-corrected chi connectivity index (χ0v) is 14.6. The Hall–Kier alpha value is -3.30. The average molecular weight is 346 g/mol. The number of furan rings is 1. The fourth-order valence-corrected chi connectivity index (χ4v) is 3.23. The quantitative estimate of drug-likeness (QED) is 0.590. The van der Waals surface area contributed by atoms with Crippen molar-refractivity contribution in [2.24, 2.45) is 0 Å². The van der Waals surface area contributed by atoms with Crippen LogP contribution in [-0.4, -0.2) is 23.1 Å². The van der Waals surface area contributed by atoms with Crippen molar-refractivity contribution in [1.82, 2.24) is 9.38 Å². The van der Waals surface area contributed by atoms with Gasteiger partial charge in [-0.2, -0.15) is 5.26 Å². The summed E-state index contributed by atoms with van der Waals surface area (Å²) in [6.45, 7) is 2.36. The predicted molar refractivity (Wildman–Crippen MR) is 99.1 cm³/mol. The van der Waals surface area contributed by atoms with E-state index in [1.54, 1.807) is 13.4 Å². The summed E-state index contributed by atoms with van der Waals surface area (Å²) in [5.41, 5.74) is 3.88. The molecular formula is C20H18N4O2. The van der Waals surface area contributed by atoms with Crippen LogP contribution in [0.2, 0.25) is 0 Å². The molecule has 1 atom stereocenters. The Bertz CT molecular complexity index is 1110. The minimum Gasteiger partial charge on any atom is -0.467 e. The highest BCUT2D eigenvalue weighted by atomic mass is 16.5. The van der Waals surface area contributed by atoms with Gasteiger partial charge in [-0.3, -0.25) is 4.40 Å². The summed E-state index contributed by atoms with van der Waals surface area (Å²) < 4.78 is 12.9. The standard InChI is InChI=1S/C20H18N4O2/c1-13-10-19(22-16(12-25-2)18-8-5-9-26-18)24-17-7-4-3-6-15(17)23-20(24)14(13)11-21/h3-10,16,22H,12H2,1-2H3/t16-/m1/s1. The molecular weight excluding hydrogens is 328 g/mol. The van der Waals surface area contributed by atoms with Gasteiger partial charge in [0, 0.05) is 7.11 Å². The number of aromatic nitrogens is 2. The normalized spacial score (nSPS) is 12.3. The number of fused-ring (bicyclic) bond motifs is 3. The van der Waals surface area contributed by atoms with Gasteiger partial charge in [0.25, 0.3) is 0 Å². The number of para-hydroxylation sites is 2. The molecule has 4 rings (SSSR count). The highest BCUT2D eigenvalue weighted by Gasteiger charge is 2.19. The maximum absolute atomic E-state index is 9.59. The van der Waals surface area contributed by atoms with Crippen molar-refractivity contribution in [2.45, 2.75) is 13.0 Å². The molecule has 0 aliphatic rings. The third-order valence-corrected chi connectivity index (χ3v) is 4.43. The van der Waals surface area contributed by atoms with Gasteiger partial charge >= 0.3 is 0 Å². The van der Waals surface area contributed by atoms with Crippen molar-refractivity contribution < 1.29 is 9.15 Å². The van der Waals surface area contributed by atoms with E-state index in [0.29, 0.717) is 17.8 Å². The first-order valence-electron chi connectivity index (χ1n) is 8.32. The summed E-state index contributed by atoms with van der Waals surface area (Å²) in [5, 5.41) is 13.1. The summed E-state index contributed by atoms with van der Waals surface area (Å²) in [5.74, 6) is 1.62. The van der Waals surface area contributed by atoms with E-state index >= 15 is 0 Å². The van der Waals surface area contributed by atoms with E-state index in [9.17, 15) is 5.26 Å². The lowest BCUT2D eigenvalue weighted by Crippen LogP contribution is -2.18. The first kappa shape index (κ1) is 16.2. The fourth-order valence-electron chi connectivity index (χ4n) is 3.23. The van der Waals surface area contributed by atoms with Crippen molar-refractivity contribution >= 4 is 22.5 Å². The lowest BCUT2D eigenvalue weighted by Gasteiger charge is -2.19. The Morgan fingerprint density at radius 3 is 2.88 bits per heavy atom. The zero-order valence-electron chi connectivity index (χ0n) is 14.6.